The fourth-order valence-electron chi connectivity index (χ4n) is 3.35. The quantitative estimate of drug-likeness (QED) is 0.428. The fourth-order valence-corrected chi connectivity index (χ4v) is 3.35. The largest absolute Gasteiger partial charge is 0.573 e. The Hall–Kier alpha value is -4.14. The molecular formula is C24H19F3N4O2. The van der Waals surface area contributed by atoms with Gasteiger partial charge >= 0.3 is 6.36 Å². The summed E-state index contributed by atoms with van der Waals surface area (Å²) in [5.74, 6) is -0.951. The third-order valence-corrected chi connectivity index (χ3v) is 4.83. The van der Waals surface area contributed by atoms with E-state index in [4.69, 9.17) is 0 Å². The highest BCUT2D eigenvalue weighted by Gasteiger charge is 2.32. The van der Waals surface area contributed by atoms with Gasteiger partial charge in [-0.15, -0.1) is 13.2 Å². The SMILES string of the molecule is Cc1cc(-c2ccccc2)c(NC(=O)c2ccc(OC(F)(F)F)c(-c3ccn(C)n3)c2)cn1. The summed E-state index contributed by atoms with van der Waals surface area (Å²) in [7, 11) is 1.64. The molecule has 4 aromatic rings. The fraction of sp³-hybridized carbons (Fsp3) is 0.125. The van der Waals surface area contributed by atoms with Gasteiger partial charge in [-0.3, -0.25) is 14.5 Å². The van der Waals surface area contributed by atoms with Gasteiger partial charge in [-0.1, -0.05) is 30.3 Å². The Morgan fingerprint density at radius 2 is 1.79 bits per heavy atom. The molecule has 0 aliphatic carbocycles. The van der Waals surface area contributed by atoms with Crippen LogP contribution in [0.3, 0.4) is 0 Å². The Morgan fingerprint density at radius 3 is 2.45 bits per heavy atom. The van der Waals surface area contributed by atoms with Crippen LogP contribution in [0.4, 0.5) is 18.9 Å². The van der Waals surface area contributed by atoms with Crippen LogP contribution < -0.4 is 10.1 Å². The van der Waals surface area contributed by atoms with Gasteiger partial charge in [0.05, 0.1) is 17.6 Å². The van der Waals surface area contributed by atoms with E-state index in [1.54, 1.807) is 19.4 Å². The average molecular weight is 452 g/mol. The van der Waals surface area contributed by atoms with Crippen LogP contribution in [0.2, 0.25) is 0 Å². The van der Waals surface area contributed by atoms with Gasteiger partial charge in [-0.2, -0.15) is 5.10 Å². The van der Waals surface area contributed by atoms with Crippen LogP contribution in [0.1, 0.15) is 16.1 Å². The number of pyridine rings is 1. The molecule has 0 aliphatic rings. The zero-order valence-electron chi connectivity index (χ0n) is 17.7. The number of hydrogen-bond acceptors (Lipinski definition) is 4. The van der Waals surface area contributed by atoms with E-state index in [-0.39, 0.29) is 16.8 Å². The van der Waals surface area contributed by atoms with Crippen molar-refractivity contribution in [1.82, 2.24) is 14.8 Å². The Morgan fingerprint density at radius 1 is 1.03 bits per heavy atom. The standard InChI is InChI=1S/C24H19F3N4O2/c1-15-12-18(16-6-4-3-5-7-16)21(14-28-15)29-23(32)17-8-9-22(33-24(25,26)27)19(13-17)20-10-11-31(2)30-20/h3-14H,1-2H3,(H,29,32). The minimum atomic E-state index is -4.88. The maximum atomic E-state index is 13.0. The maximum absolute atomic E-state index is 13.0. The number of anilines is 1. The smallest absolute Gasteiger partial charge is 0.405 e. The number of nitrogens with zero attached hydrogens (tertiary/aromatic N) is 3. The molecular weight excluding hydrogens is 433 g/mol. The summed E-state index contributed by atoms with van der Waals surface area (Å²) < 4.78 is 44.3. The van der Waals surface area contributed by atoms with Crippen molar-refractivity contribution in [3.63, 3.8) is 0 Å². The summed E-state index contributed by atoms with van der Waals surface area (Å²) in [6.07, 6.45) is -1.74. The molecule has 0 aliphatic heterocycles. The van der Waals surface area contributed by atoms with E-state index in [0.29, 0.717) is 5.69 Å². The van der Waals surface area contributed by atoms with E-state index in [9.17, 15) is 18.0 Å². The van der Waals surface area contributed by atoms with Crippen molar-refractivity contribution < 1.29 is 22.7 Å². The van der Waals surface area contributed by atoms with E-state index in [0.717, 1.165) is 22.9 Å². The normalized spacial score (nSPS) is 11.3. The molecule has 9 heteroatoms. The lowest BCUT2D eigenvalue weighted by Crippen LogP contribution is -2.18. The highest BCUT2D eigenvalue weighted by molar-refractivity contribution is 6.07. The molecule has 168 valence electrons. The zero-order valence-corrected chi connectivity index (χ0v) is 17.7. The van der Waals surface area contributed by atoms with Crippen LogP contribution in [0.25, 0.3) is 22.4 Å². The van der Waals surface area contributed by atoms with Gasteiger partial charge in [0.15, 0.2) is 0 Å². The number of aryl methyl sites for hydroxylation is 2. The number of aromatic nitrogens is 3. The lowest BCUT2D eigenvalue weighted by atomic mass is 10.0. The Bertz CT molecular complexity index is 1300. The van der Waals surface area contributed by atoms with Crippen molar-refractivity contribution >= 4 is 11.6 Å². The summed E-state index contributed by atoms with van der Waals surface area (Å²) >= 11 is 0. The van der Waals surface area contributed by atoms with Gasteiger partial charge in [-0.25, -0.2) is 0 Å². The summed E-state index contributed by atoms with van der Waals surface area (Å²) in [6.45, 7) is 1.84. The van der Waals surface area contributed by atoms with Gasteiger partial charge in [0, 0.05) is 35.6 Å². The third-order valence-electron chi connectivity index (χ3n) is 4.83. The number of carbonyl (C=O) groups excluding carboxylic acids is 1. The number of nitrogens with one attached hydrogen (secondary N) is 1. The number of benzene rings is 2. The number of ether oxygens (including phenoxy) is 1. The summed E-state index contributed by atoms with van der Waals surface area (Å²) in [5, 5.41) is 6.96. The zero-order chi connectivity index (χ0) is 23.6. The van der Waals surface area contributed by atoms with Gasteiger partial charge in [0.1, 0.15) is 5.75 Å². The molecule has 2 heterocycles. The minimum absolute atomic E-state index is 0.0471. The first-order valence-corrected chi connectivity index (χ1v) is 9.93. The van der Waals surface area contributed by atoms with Crippen LogP contribution in [-0.2, 0) is 7.05 Å². The number of alkyl halides is 3. The number of rotatable bonds is 5. The van der Waals surface area contributed by atoms with Crippen molar-refractivity contribution in [1.29, 1.82) is 0 Å². The van der Waals surface area contributed by atoms with Gasteiger partial charge < -0.3 is 10.1 Å². The summed E-state index contributed by atoms with van der Waals surface area (Å²) in [5.41, 5.74) is 3.36. The number of hydrogen-bond donors (Lipinski definition) is 1. The molecule has 1 N–H and O–H groups in total. The van der Waals surface area contributed by atoms with Crippen molar-refractivity contribution in [3.8, 4) is 28.1 Å². The van der Waals surface area contributed by atoms with Crippen molar-refractivity contribution in [2.75, 3.05) is 5.32 Å². The third kappa shape index (κ3) is 5.20. The summed E-state index contributed by atoms with van der Waals surface area (Å²) in [4.78, 5) is 17.3. The second-order valence-corrected chi connectivity index (χ2v) is 7.32. The van der Waals surface area contributed by atoms with E-state index < -0.39 is 18.0 Å². The lowest BCUT2D eigenvalue weighted by Gasteiger charge is -2.15. The Kier molecular flexibility index (Phi) is 5.87. The second-order valence-electron chi connectivity index (χ2n) is 7.32. The molecule has 0 saturated heterocycles. The average Bonchev–Trinajstić information content (AvgIpc) is 3.21. The predicted octanol–water partition coefficient (Wildman–Crippen LogP) is 5.61. The Balaban J connectivity index is 1.70. The number of carbonyl (C=O) groups is 1. The van der Waals surface area contributed by atoms with Crippen molar-refractivity contribution in [2.45, 2.75) is 13.3 Å². The van der Waals surface area contributed by atoms with Gasteiger partial charge in [-0.05, 0) is 42.8 Å². The minimum Gasteiger partial charge on any atom is -0.405 e. The van der Waals surface area contributed by atoms with Gasteiger partial charge in [0.25, 0.3) is 5.91 Å². The van der Waals surface area contributed by atoms with E-state index in [1.165, 1.54) is 22.9 Å². The lowest BCUT2D eigenvalue weighted by molar-refractivity contribution is -0.274. The molecule has 0 unspecified atom stereocenters. The van der Waals surface area contributed by atoms with E-state index in [2.05, 4.69) is 20.1 Å². The topological polar surface area (TPSA) is 69.0 Å². The molecule has 2 aromatic heterocycles. The molecule has 0 saturated carbocycles. The molecule has 0 bridgehead atoms. The van der Waals surface area contributed by atoms with E-state index >= 15 is 0 Å². The number of amides is 1. The first-order valence-electron chi connectivity index (χ1n) is 9.93. The molecule has 0 radical (unpaired) electrons. The first kappa shape index (κ1) is 22.1. The molecule has 2 aromatic carbocycles. The molecule has 1 amide bonds. The van der Waals surface area contributed by atoms with Crippen molar-refractivity contribution in [2.24, 2.45) is 7.05 Å². The second kappa shape index (κ2) is 8.78. The molecule has 0 spiro atoms. The molecule has 4 rings (SSSR count). The monoisotopic (exact) mass is 452 g/mol. The maximum Gasteiger partial charge on any atom is 0.573 e. The molecule has 6 nitrogen and oxygen atoms in total. The van der Waals surface area contributed by atoms with Gasteiger partial charge in [0.2, 0.25) is 0 Å². The molecule has 0 fully saturated rings. The highest BCUT2D eigenvalue weighted by Crippen LogP contribution is 2.34. The van der Waals surface area contributed by atoms with Crippen LogP contribution in [0.5, 0.6) is 5.75 Å². The van der Waals surface area contributed by atoms with E-state index in [1.807, 2.05) is 43.3 Å². The molecule has 0 atom stereocenters. The summed E-state index contributed by atoms with van der Waals surface area (Å²) in [6, 6.07) is 16.6. The van der Waals surface area contributed by atoms with Crippen LogP contribution >= 0.6 is 0 Å². The highest BCUT2D eigenvalue weighted by atomic mass is 19.4. The predicted molar refractivity (Wildman–Crippen MR) is 118 cm³/mol. The first-order chi connectivity index (χ1) is 15.7. The van der Waals surface area contributed by atoms with Crippen LogP contribution in [-0.4, -0.2) is 27.0 Å². The Labute approximate surface area is 187 Å². The molecule has 33 heavy (non-hydrogen) atoms. The van der Waals surface area contributed by atoms with Crippen molar-refractivity contribution in [3.05, 3.63) is 84.3 Å². The van der Waals surface area contributed by atoms with Crippen LogP contribution in [0, 0.1) is 6.92 Å². The van der Waals surface area contributed by atoms with Crippen LogP contribution in [0.15, 0.2) is 73.1 Å². The number of halogens is 3.